The van der Waals surface area contributed by atoms with Crippen LogP contribution in [0, 0.1) is 0 Å². The van der Waals surface area contributed by atoms with Crippen LogP contribution in [-0.4, -0.2) is 43.0 Å². The highest BCUT2D eigenvalue weighted by molar-refractivity contribution is 5.91. The smallest absolute Gasteiger partial charge is 0.244 e. The number of rotatable bonds is 5. The molecule has 0 radical (unpaired) electrons. The van der Waals surface area contributed by atoms with Crippen molar-refractivity contribution in [2.45, 2.75) is 0 Å². The molecule has 4 nitrogen and oxygen atoms in total. The van der Waals surface area contributed by atoms with Crippen molar-refractivity contribution in [3.63, 3.8) is 0 Å². The summed E-state index contributed by atoms with van der Waals surface area (Å²) in [5.74, 6) is -0.0955. The van der Waals surface area contributed by atoms with E-state index in [-0.39, 0.29) is 5.91 Å². The molecule has 0 aliphatic carbocycles. The highest BCUT2D eigenvalue weighted by atomic mass is 16.1. The van der Waals surface area contributed by atoms with E-state index in [0.29, 0.717) is 6.54 Å². The summed E-state index contributed by atoms with van der Waals surface area (Å²) >= 11 is 0. The third-order valence-electron chi connectivity index (χ3n) is 2.88. The predicted octanol–water partition coefficient (Wildman–Crippen LogP) is 1.93. The monoisotopic (exact) mass is 269 g/mol. The Balaban J connectivity index is 1.97. The van der Waals surface area contributed by atoms with E-state index in [1.165, 1.54) is 6.08 Å². The second-order valence-electron chi connectivity index (χ2n) is 4.86. The minimum atomic E-state index is -0.0955. The van der Waals surface area contributed by atoms with Crippen LogP contribution >= 0.6 is 0 Å². The van der Waals surface area contributed by atoms with Gasteiger partial charge in [0.1, 0.15) is 0 Å². The summed E-state index contributed by atoms with van der Waals surface area (Å²) in [5, 5.41) is 3.92. The fraction of sp³-hybridized carbons (Fsp3) is 0.250. The molecular formula is C16H19N3O. The molecule has 4 heteroatoms. The van der Waals surface area contributed by atoms with E-state index in [2.05, 4.69) is 10.3 Å². The normalized spacial score (nSPS) is 11.3. The number of hydrogen-bond donors (Lipinski definition) is 1. The number of carbonyl (C=O) groups is 1. The maximum absolute atomic E-state index is 11.6. The summed E-state index contributed by atoms with van der Waals surface area (Å²) in [7, 11) is 3.95. The summed E-state index contributed by atoms with van der Waals surface area (Å²) in [5.41, 5.74) is 1.72. The summed E-state index contributed by atoms with van der Waals surface area (Å²) in [6.07, 6.45) is 3.25. The molecule has 0 spiro atoms. The standard InChI is InChI=1S/C16H19N3O/c1-19(2)12-11-17-16(20)10-9-14-8-7-13-5-3-4-6-15(13)18-14/h3-10H,11-12H2,1-2H3,(H,17,20)/b10-9+. The Morgan fingerprint density at radius 1 is 1.25 bits per heavy atom. The number of fused-ring (bicyclic) bond motifs is 1. The van der Waals surface area contributed by atoms with Crippen LogP contribution in [0.4, 0.5) is 0 Å². The van der Waals surface area contributed by atoms with Gasteiger partial charge in [0.25, 0.3) is 0 Å². The maximum atomic E-state index is 11.6. The first-order valence-corrected chi connectivity index (χ1v) is 6.61. The summed E-state index contributed by atoms with van der Waals surface area (Å²) in [6, 6.07) is 11.8. The number of nitrogens with zero attached hydrogens (tertiary/aromatic N) is 2. The number of amides is 1. The highest BCUT2D eigenvalue weighted by Gasteiger charge is 1.97. The zero-order valence-electron chi connectivity index (χ0n) is 11.8. The van der Waals surface area contributed by atoms with Gasteiger partial charge in [0.05, 0.1) is 11.2 Å². The zero-order chi connectivity index (χ0) is 14.4. The van der Waals surface area contributed by atoms with Gasteiger partial charge in [-0.1, -0.05) is 24.3 Å². The molecule has 1 aromatic heterocycles. The van der Waals surface area contributed by atoms with Crippen LogP contribution in [-0.2, 0) is 4.79 Å². The molecule has 0 saturated carbocycles. The Bertz CT molecular complexity index is 620. The first kappa shape index (κ1) is 14.2. The lowest BCUT2D eigenvalue weighted by Gasteiger charge is -2.08. The van der Waals surface area contributed by atoms with Gasteiger partial charge >= 0.3 is 0 Å². The largest absolute Gasteiger partial charge is 0.351 e. The van der Waals surface area contributed by atoms with Gasteiger partial charge in [-0.15, -0.1) is 0 Å². The molecule has 1 aromatic carbocycles. The van der Waals surface area contributed by atoms with Gasteiger partial charge in [-0.3, -0.25) is 4.79 Å². The Morgan fingerprint density at radius 2 is 2.05 bits per heavy atom. The van der Waals surface area contributed by atoms with Crippen LogP contribution in [0.25, 0.3) is 17.0 Å². The number of likely N-dealkylation sites (N-methyl/N-ethyl adjacent to an activating group) is 1. The number of para-hydroxylation sites is 1. The maximum Gasteiger partial charge on any atom is 0.244 e. The van der Waals surface area contributed by atoms with Crippen molar-refractivity contribution >= 4 is 22.9 Å². The Morgan fingerprint density at radius 3 is 2.85 bits per heavy atom. The minimum Gasteiger partial charge on any atom is -0.351 e. The second-order valence-corrected chi connectivity index (χ2v) is 4.86. The van der Waals surface area contributed by atoms with Gasteiger partial charge in [-0.25, -0.2) is 4.98 Å². The Hall–Kier alpha value is -2.20. The number of carbonyl (C=O) groups excluding carboxylic acids is 1. The van der Waals surface area contributed by atoms with E-state index in [4.69, 9.17) is 0 Å². The van der Waals surface area contributed by atoms with Crippen LogP contribution < -0.4 is 5.32 Å². The third kappa shape index (κ3) is 4.17. The van der Waals surface area contributed by atoms with E-state index in [9.17, 15) is 4.79 Å². The van der Waals surface area contributed by atoms with Crippen molar-refractivity contribution in [3.8, 4) is 0 Å². The number of benzene rings is 1. The van der Waals surface area contributed by atoms with Crippen LogP contribution in [0.3, 0.4) is 0 Å². The minimum absolute atomic E-state index is 0.0955. The predicted molar refractivity (Wildman–Crippen MR) is 82.3 cm³/mol. The molecule has 1 heterocycles. The molecule has 0 unspecified atom stereocenters. The van der Waals surface area contributed by atoms with Crippen LogP contribution in [0.5, 0.6) is 0 Å². The lowest BCUT2D eigenvalue weighted by atomic mass is 10.2. The zero-order valence-corrected chi connectivity index (χ0v) is 11.8. The summed E-state index contributed by atoms with van der Waals surface area (Å²) < 4.78 is 0. The van der Waals surface area contributed by atoms with Crippen LogP contribution in [0.15, 0.2) is 42.5 Å². The molecule has 20 heavy (non-hydrogen) atoms. The third-order valence-corrected chi connectivity index (χ3v) is 2.88. The van der Waals surface area contributed by atoms with Crippen molar-refractivity contribution in [1.82, 2.24) is 15.2 Å². The van der Waals surface area contributed by atoms with Crippen molar-refractivity contribution in [1.29, 1.82) is 0 Å². The average molecular weight is 269 g/mol. The first-order chi connectivity index (χ1) is 9.65. The van der Waals surface area contributed by atoms with E-state index in [0.717, 1.165) is 23.1 Å². The molecule has 0 fully saturated rings. The van der Waals surface area contributed by atoms with E-state index < -0.39 is 0 Å². The van der Waals surface area contributed by atoms with E-state index in [1.54, 1.807) is 6.08 Å². The molecule has 0 saturated heterocycles. The van der Waals surface area contributed by atoms with Gasteiger partial charge in [0.2, 0.25) is 5.91 Å². The van der Waals surface area contributed by atoms with Crippen molar-refractivity contribution in [2.75, 3.05) is 27.2 Å². The average Bonchev–Trinajstić information content (AvgIpc) is 2.44. The lowest BCUT2D eigenvalue weighted by Crippen LogP contribution is -2.30. The van der Waals surface area contributed by atoms with Gasteiger partial charge in [0.15, 0.2) is 0 Å². The SMILES string of the molecule is CN(C)CCNC(=O)/C=C/c1ccc2ccccc2n1. The highest BCUT2D eigenvalue weighted by Crippen LogP contribution is 2.12. The molecule has 0 aliphatic heterocycles. The lowest BCUT2D eigenvalue weighted by molar-refractivity contribution is -0.116. The second kappa shape index (κ2) is 6.82. The number of aromatic nitrogens is 1. The molecule has 2 aromatic rings. The fourth-order valence-electron chi connectivity index (χ4n) is 1.80. The van der Waals surface area contributed by atoms with Crippen LogP contribution in [0.2, 0.25) is 0 Å². The summed E-state index contributed by atoms with van der Waals surface area (Å²) in [4.78, 5) is 18.1. The van der Waals surface area contributed by atoms with Gasteiger partial charge < -0.3 is 10.2 Å². The van der Waals surface area contributed by atoms with Crippen molar-refractivity contribution < 1.29 is 4.79 Å². The van der Waals surface area contributed by atoms with Gasteiger partial charge in [-0.05, 0) is 32.3 Å². The number of pyridine rings is 1. The fourth-order valence-corrected chi connectivity index (χ4v) is 1.80. The molecule has 2 rings (SSSR count). The first-order valence-electron chi connectivity index (χ1n) is 6.61. The van der Waals surface area contributed by atoms with Crippen molar-refractivity contribution in [3.05, 3.63) is 48.2 Å². The molecule has 1 N–H and O–H groups in total. The quantitative estimate of drug-likeness (QED) is 0.844. The molecule has 0 bridgehead atoms. The molecule has 1 amide bonds. The summed E-state index contributed by atoms with van der Waals surface area (Å²) in [6.45, 7) is 1.47. The molecule has 0 atom stereocenters. The van der Waals surface area contributed by atoms with Gasteiger partial charge in [-0.2, -0.15) is 0 Å². The van der Waals surface area contributed by atoms with Gasteiger partial charge in [0, 0.05) is 24.6 Å². The molecular weight excluding hydrogens is 250 g/mol. The van der Waals surface area contributed by atoms with E-state index >= 15 is 0 Å². The number of nitrogens with one attached hydrogen (secondary N) is 1. The van der Waals surface area contributed by atoms with Crippen LogP contribution in [0.1, 0.15) is 5.69 Å². The van der Waals surface area contributed by atoms with Crippen molar-refractivity contribution in [2.24, 2.45) is 0 Å². The Labute approximate surface area is 119 Å². The molecule has 104 valence electrons. The Kier molecular flexibility index (Phi) is 4.85. The topological polar surface area (TPSA) is 45.2 Å². The molecule has 0 aliphatic rings. The van der Waals surface area contributed by atoms with E-state index in [1.807, 2.05) is 55.4 Å². The number of hydrogen-bond acceptors (Lipinski definition) is 3.